The Bertz CT molecular complexity index is 1360. The zero-order chi connectivity index (χ0) is 23.0. The van der Waals surface area contributed by atoms with Gasteiger partial charge in [0.1, 0.15) is 5.82 Å². The molecule has 0 amide bonds. The lowest BCUT2D eigenvalue weighted by molar-refractivity contribution is 0.595. The molecule has 2 heterocycles. The summed E-state index contributed by atoms with van der Waals surface area (Å²) in [6.07, 6.45) is 5.70. The number of benzene rings is 2. The Kier molecular flexibility index (Phi) is 7.30. The monoisotopic (exact) mass is 492 g/mol. The standard InChI is InChI=1S/C23H25FN4O2S2.H2O.H2/c1-32(2,30)28-23-19-12-20(26)16(13-25)11-18(19)21(14-3-5-17(24)6-4-14)22(27-23)15-7-9-31(29)10-8-15;;/h3-6,11-13,15,25H,7-10,26H2,1-2H3;1H2;1H. The first-order valence-electron chi connectivity index (χ1n) is 10.2. The molecule has 1 aromatic heterocycles. The van der Waals surface area contributed by atoms with Gasteiger partial charge in [0, 0.05) is 80.3 Å². The van der Waals surface area contributed by atoms with E-state index in [1.54, 1.807) is 30.7 Å². The van der Waals surface area contributed by atoms with Crippen molar-refractivity contribution >= 4 is 49.0 Å². The van der Waals surface area contributed by atoms with Gasteiger partial charge in [0.15, 0.2) is 5.82 Å². The quantitative estimate of drug-likeness (QED) is 0.419. The van der Waals surface area contributed by atoms with Gasteiger partial charge < -0.3 is 16.6 Å². The van der Waals surface area contributed by atoms with Crippen molar-refractivity contribution in [1.82, 2.24) is 4.98 Å². The van der Waals surface area contributed by atoms with Gasteiger partial charge in [-0.3, -0.25) is 4.21 Å². The molecule has 33 heavy (non-hydrogen) atoms. The summed E-state index contributed by atoms with van der Waals surface area (Å²) in [5.74, 6) is 1.22. The minimum absolute atomic E-state index is 0. The second-order valence-corrected chi connectivity index (χ2v) is 12.5. The second-order valence-electron chi connectivity index (χ2n) is 8.27. The molecule has 4 rings (SSSR count). The number of aromatic nitrogens is 1. The summed E-state index contributed by atoms with van der Waals surface area (Å²) in [6, 6.07) is 9.73. The molecular weight excluding hydrogens is 463 g/mol. The Balaban J connectivity index is 0.00000204. The first-order chi connectivity index (χ1) is 15.2. The molecule has 0 spiro atoms. The van der Waals surface area contributed by atoms with Crippen LogP contribution in [0, 0.1) is 11.2 Å². The van der Waals surface area contributed by atoms with Gasteiger partial charge in [-0.1, -0.05) is 12.1 Å². The number of halogens is 1. The molecule has 3 aromatic rings. The van der Waals surface area contributed by atoms with Crippen molar-refractivity contribution < 1.29 is 19.7 Å². The Morgan fingerprint density at radius 2 is 1.85 bits per heavy atom. The van der Waals surface area contributed by atoms with E-state index in [0.717, 1.165) is 22.2 Å². The summed E-state index contributed by atoms with van der Waals surface area (Å²) < 4.78 is 42.7. The van der Waals surface area contributed by atoms with Crippen LogP contribution in [0.5, 0.6) is 0 Å². The number of pyridine rings is 1. The molecule has 1 fully saturated rings. The Hall–Kier alpha value is -2.69. The molecule has 178 valence electrons. The zero-order valence-corrected chi connectivity index (χ0v) is 20.1. The molecule has 1 aliphatic heterocycles. The Labute approximate surface area is 196 Å². The maximum absolute atomic E-state index is 13.7. The van der Waals surface area contributed by atoms with Crippen molar-refractivity contribution in [3.63, 3.8) is 0 Å². The predicted octanol–water partition coefficient (Wildman–Crippen LogP) is 4.03. The van der Waals surface area contributed by atoms with Gasteiger partial charge in [-0.15, -0.1) is 0 Å². The van der Waals surface area contributed by atoms with Crippen LogP contribution in [-0.4, -0.2) is 49.1 Å². The van der Waals surface area contributed by atoms with E-state index >= 15 is 0 Å². The fraction of sp³-hybridized carbons (Fsp3) is 0.304. The van der Waals surface area contributed by atoms with Crippen LogP contribution in [0.1, 0.15) is 31.4 Å². The lowest BCUT2D eigenvalue weighted by Gasteiger charge is -2.25. The van der Waals surface area contributed by atoms with Crippen LogP contribution < -0.4 is 5.73 Å². The highest BCUT2D eigenvalue weighted by Gasteiger charge is 2.27. The molecule has 2 aromatic carbocycles. The number of nitrogens with one attached hydrogen (secondary N) is 1. The summed E-state index contributed by atoms with van der Waals surface area (Å²) in [5.41, 5.74) is 9.47. The number of anilines is 1. The first kappa shape index (κ1) is 24.9. The third-order valence-corrected chi connectivity index (χ3v) is 7.58. The first-order valence-corrected chi connectivity index (χ1v) is 14.0. The topological polar surface area (TPSA) is 141 Å². The van der Waals surface area contributed by atoms with Crippen LogP contribution in [0.15, 0.2) is 40.8 Å². The van der Waals surface area contributed by atoms with E-state index < -0.39 is 20.5 Å². The number of nitrogens with two attached hydrogens (primary N) is 1. The summed E-state index contributed by atoms with van der Waals surface area (Å²) >= 11 is 0. The zero-order valence-electron chi connectivity index (χ0n) is 18.4. The molecular formula is C23H29FN4O3S2. The molecule has 0 atom stereocenters. The van der Waals surface area contributed by atoms with Gasteiger partial charge >= 0.3 is 0 Å². The Morgan fingerprint density at radius 1 is 1.21 bits per heavy atom. The van der Waals surface area contributed by atoms with E-state index in [1.165, 1.54) is 18.3 Å². The van der Waals surface area contributed by atoms with Crippen LogP contribution >= 0.6 is 0 Å². The molecule has 0 saturated carbocycles. The molecule has 1 aliphatic rings. The van der Waals surface area contributed by atoms with E-state index in [9.17, 15) is 12.8 Å². The van der Waals surface area contributed by atoms with E-state index in [4.69, 9.17) is 16.1 Å². The van der Waals surface area contributed by atoms with Crippen molar-refractivity contribution in [3.05, 3.63) is 53.5 Å². The van der Waals surface area contributed by atoms with Crippen LogP contribution in [0.2, 0.25) is 0 Å². The number of nitrogens with zero attached hydrogens (tertiary/aromatic N) is 2. The predicted molar refractivity (Wildman–Crippen MR) is 137 cm³/mol. The third-order valence-electron chi connectivity index (χ3n) is 5.59. The van der Waals surface area contributed by atoms with Crippen molar-refractivity contribution in [2.75, 3.05) is 29.8 Å². The van der Waals surface area contributed by atoms with Crippen LogP contribution in [-0.2, 0) is 20.5 Å². The van der Waals surface area contributed by atoms with E-state index in [-0.39, 0.29) is 18.6 Å². The average molecular weight is 493 g/mol. The molecule has 0 unspecified atom stereocenters. The van der Waals surface area contributed by atoms with E-state index in [1.807, 2.05) is 6.07 Å². The summed E-state index contributed by atoms with van der Waals surface area (Å²) in [7, 11) is -3.35. The minimum Gasteiger partial charge on any atom is -0.412 e. The normalized spacial score (nSPS) is 18.5. The molecule has 1 saturated heterocycles. The maximum atomic E-state index is 13.7. The molecule has 0 radical (unpaired) electrons. The fourth-order valence-electron chi connectivity index (χ4n) is 4.08. The Morgan fingerprint density at radius 3 is 2.42 bits per heavy atom. The highest BCUT2D eigenvalue weighted by molar-refractivity contribution is 7.92. The molecule has 0 bridgehead atoms. The van der Waals surface area contributed by atoms with Gasteiger partial charge in [0.05, 0.1) is 5.69 Å². The number of hydrogen-bond acceptors (Lipinski definition) is 6. The van der Waals surface area contributed by atoms with Crippen molar-refractivity contribution in [1.29, 1.82) is 5.41 Å². The number of nitrogen functional groups attached to an aromatic ring is 1. The van der Waals surface area contributed by atoms with Crippen molar-refractivity contribution in [3.8, 4) is 11.1 Å². The highest BCUT2D eigenvalue weighted by Crippen LogP contribution is 2.43. The molecule has 10 heteroatoms. The number of rotatable bonds is 4. The summed E-state index contributed by atoms with van der Waals surface area (Å²) in [6.45, 7) is 0. The van der Waals surface area contributed by atoms with Gasteiger partial charge in [-0.2, -0.15) is 4.36 Å². The fourth-order valence-corrected chi connectivity index (χ4v) is 5.93. The lowest BCUT2D eigenvalue weighted by Crippen LogP contribution is -2.19. The summed E-state index contributed by atoms with van der Waals surface area (Å²) in [4.78, 5) is 4.88. The SMILES string of the molecule is CS(C)(=O)=Nc1nc(C2CCS(=O)CC2)c(-c2ccc(F)cc2)c2cc(C=N)c(N)cc12.O.[HH]. The van der Waals surface area contributed by atoms with Crippen molar-refractivity contribution in [2.45, 2.75) is 18.8 Å². The largest absolute Gasteiger partial charge is 0.412 e. The number of hydrogen-bond donors (Lipinski definition) is 2. The van der Waals surface area contributed by atoms with Gasteiger partial charge in [-0.25, -0.2) is 13.6 Å². The lowest BCUT2D eigenvalue weighted by atomic mass is 9.87. The van der Waals surface area contributed by atoms with Crippen LogP contribution in [0.3, 0.4) is 0 Å². The minimum atomic E-state index is -2.51. The van der Waals surface area contributed by atoms with Gasteiger partial charge in [0.2, 0.25) is 0 Å². The van der Waals surface area contributed by atoms with Gasteiger partial charge in [-0.05, 0) is 48.1 Å². The smallest absolute Gasteiger partial charge is 0.169 e. The average Bonchev–Trinajstić information content (AvgIpc) is 2.74. The van der Waals surface area contributed by atoms with Crippen LogP contribution in [0.4, 0.5) is 15.9 Å². The maximum Gasteiger partial charge on any atom is 0.169 e. The van der Waals surface area contributed by atoms with E-state index in [0.29, 0.717) is 46.8 Å². The summed E-state index contributed by atoms with van der Waals surface area (Å²) in [5, 5.41) is 9.16. The van der Waals surface area contributed by atoms with Gasteiger partial charge in [0.25, 0.3) is 0 Å². The molecule has 0 aliphatic carbocycles. The van der Waals surface area contributed by atoms with E-state index in [2.05, 4.69) is 4.36 Å². The van der Waals surface area contributed by atoms with Crippen molar-refractivity contribution in [2.24, 2.45) is 4.36 Å². The second kappa shape index (κ2) is 9.66. The third kappa shape index (κ3) is 5.29. The molecule has 5 N–H and O–H groups in total. The number of fused-ring (bicyclic) bond motifs is 1. The molecule has 7 nitrogen and oxygen atoms in total. The van der Waals surface area contributed by atoms with Crippen LogP contribution in [0.25, 0.3) is 21.9 Å². The highest BCUT2D eigenvalue weighted by atomic mass is 32.2.